The van der Waals surface area contributed by atoms with Gasteiger partial charge in [-0.25, -0.2) is 4.79 Å². The standard InChI is InChI=1S/C10H11NO3S/c12-9-4-7(10(13)14)3-8(11-9)6-1-2-15-5-6/h3-4,6H,1-2,5H2,(H,11,12)(H,13,14). The molecule has 5 heteroatoms. The lowest BCUT2D eigenvalue weighted by Gasteiger charge is -2.08. The Balaban J connectivity index is 2.38. The summed E-state index contributed by atoms with van der Waals surface area (Å²) in [6.07, 6.45) is 1.00. The minimum Gasteiger partial charge on any atom is -0.478 e. The zero-order chi connectivity index (χ0) is 10.8. The number of hydrogen-bond acceptors (Lipinski definition) is 3. The van der Waals surface area contributed by atoms with Crippen LogP contribution in [0.4, 0.5) is 0 Å². The van der Waals surface area contributed by atoms with Gasteiger partial charge >= 0.3 is 5.97 Å². The molecular formula is C10H11NO3S. The van der Waals surface area contributed by atoms with Crippen molar-refractivity contribution in [1.29, 1.82) is 0 Å². The third-order valence-corrected chi connectivity index (χ3v) is 3.64. The van der Waals surface area contributed by atoms with Crippen molar-refractivity contribution in [2.75, 3.05) is 11.5 Å². The van der Waals surface area contributed by atoms with E-state index in [4.69, 9.17) is 5.11 Å². The van der Waals surface area contributed by atoms with Gasteiger partial charge in [0, 0.05) is 23.4 Å². The summed E-state index contributed by atoms with van der Waals surface area (Å²) < 4.78 is 0. The highest BCUT2D eigenvalue weighted by Crippen LogP contribution is 2.30. The van der Waals surface area contributed by atoms with Gasteiger partial charge in [-0.05, 0) is 18.2 Å². The molecule has 2 rings (SSSR count). The summed E-state index contributed by atoms with van der Waals surface area (Å²) in [7, 11) is 0. The molecular weight excluding hydrogens is 214 g/mol. The zero-order valence-corrected chi connectivity index (χ0v) is 8.84. The molecule has 1 unspecified atom stereocenters. The Kier molecular flexibility index (Phi) is 2.81. The topological polar surface area (TPSA) is 70.2 Å². The average molecular weight is 225 g/mol. The van der Waals surface area contributed by atoms with E-state index in [9.17, 15) is 9.59 Å². The second-order valence-corrected chi connectivity index (χ2v) is 4.70. The Labute approximate surface area is 90.7 Å². The SMILES string of the molecule is O=C(O)c1cc(C2CCSC2)[nH]c(=O)c1. The van der Waals surface area contributed by atoms with Gasteiger partial charge in [0.1, 0.15) is 0 Å². The summed E-state index contributed by atoms with van der Waals surface area (Å²) >= 11 is 1.83. The molecule has 0 spiro atoms. The van der Waals surface area contributed by atoms with Gasteiger partial charge in [0.05, 0.1) is 5.56 Å². The lowest BCUT2D eigenvalue weighted by molar-refractivity contribution is 0.0696. The van der Waals surface area contributed by atoms with Crippen LogP contribution in [0.3, 0.4) is 0 Å². The first-order valence-electron chi connectivity index (χ1n) is 4.72. The quantitative estimate of drug-likeness (QED) is 0.795. The van der Waals surface area contributed by atoms with Crippen molar-refractivity contribution in [3.8, 4) is 0 Å². The van der Waals surface area contributed by atoms with Crippen LogP contribution >= 0.6 is 11.8 Å². The van der Waals surface area contributed by atoms with E-state index in [1.54, 1.807) is 6.07 Å². The Morgan fingerprint density at radius 2 is 2.33 bits per heavy atom. The summed E-state index contributed by atoms with van der Waals surface area (Å²) in [5.41, 5.74) is 0.498. The summed E-state index contributed by atoms with van der Waals surface area (Å²) in [6, 6.07) is 2.69. The number of carboxylic acid groups (broad SMARTS) is 1. The summed E-state index contributed by atoms with van der Waals surface area (Å²) in [5.74, 6) is 1.28. The van der Waals surface area contributed by atoms with Crippen LogP contribution < -0.4 is 5.56 Å². The first-order chi connectivity index (χ1) is 7.16. The van der Waals surface area contributed by atoms with Crippen molar-refractivity contribution in [1.82, 2.24) is 4.98 Å². The molecule has 1 aromatic rings. The van der Waals surface area contributed by atoms with Crippen molar-refractivity contribution in [2.24, 2.45) is 0 Å². The predicted octanol–water partition coefficient (Wildman–Crippen LogP) is 1.29. The van der Waals surface area contributed by atoms with Gasteiger partial charge in [0.2, 0.25) is 5.56 Å². The average Bonchev–Trinajstić information content (AvgIpc) is 2.69. The van der Waals surface area contributed by atoms with E-state index in [2.05, 4.69) is 4.98 Å². The first kappa shape index (κ1) is 10.3. The third kappa shape index (κ3) is 2.23. The van der Waals surface area contributed by atoms with Gasteiger partial charge in [0.25, 0.3) is 0 Å². The molecule has 0 aromatic carbocycles. The Bertz CT molecular complexity index is 435. The smallest absolute Gasteiger partial charge is 0.335 e. The second-order valence-electron chi connectivity index (χ2n) is 3.55. The largest absolute Gasteiger partial charge is 0.478 e. The van der Waals surface area contributed by atoms with E-state index in [-0.39, 0.29) is 11.1 Å². The predicted molar refractivity (Wildman–Crippen MR) is 58.7 cm³/mol. The van der Waals surface area contributed by atoms with Crippen LogP contribution in [0.2, 0.25) is 0 Å². The summed E-state index contributed by atoms with van der Waals surface area (Å²) in [6.45, 7) is 0. The molecule has 1 atom stereocenters. The molecule has 0 aliphatic carbocycles. The van der Waals surface area contributed by atoms with Crippen LogP contribution in [0.25, 0.3) is 0 Å². The Hall–Kier alpha value is -1.23. The highest BCUT2D eigenvalue weighted by Gasteiger charge is 2.19. The van der Waals surface area contributed by atoms with E-state index in [1.165, 1.54) is 0 Å². The fourth-order valence-electron chi connectivity index (χ4n) is 1.69. The van der Waals surface area contributed by atoms with Gasteiger partial charge in [-0.3, -0.25) is 4.79 Å². The zero-order valence-electron chi connectivity index (χ0n) is 8.03. The number of aromatic carboxylic acids is 1. The molecule has 2 N–H and O–H groups in total. The molecule has 0 bridgehead atoms. The van der Waals surface area contributed by atoms with Crippen LogP contribution in [-0.4, -0.2) is 27.6 Å². The first-order valence-corrected chi connectivity index (χ1v) is 5.87. The van der Waals surface area contributed by atoms with Gasteiger partial charge in [0.15, 0.2) is 0 Å². The normalized spacial score (nSPS) is 20.4. The molecule has 1 fully saturated rings. The molecule has 2 heterocycles. The van der Waals surface area contributed by atoms with Crippen molar-refractivity contribution in [3.63, 3.8) is 0 Å². The maximum absolute atomic E-state index is 11.2. The van der Waals surface area contributed by atoms with Gasteiger partial charge in [-0.2, -0.15) is 11.8 Å². The number of H-pyrrole nitrogens is 1. The number of carbonyl (C=O) groups is 1. The molecule has 80 valence electrons. The minimum absolute atomic E-state index is 0.0747. The number of thioether (sulfide) groups is 1. The maximum atomic E-state index is 11.2. The van der Waals surface area contributed by atoms with E-state index >= 15 is 0 Å². The lowest BCUT2D eigenvalue weighted by Crippen LogP contribution is -2.14. The van der Waals surface area contributed by atoms with Crippen LogP contribution in [-0.2, 0) is 0 Å². The van der Waals surface area contributed by atoms with Crippen LogP contribution in [0.1, 0.15) is 28.4 Å². The molecule has 1 aliphatic heterocycles. The van der Waals surface area contributed by atoms with Crippen LogP contribution in [0.15, 0.2) is 16.9 Å². The van der Waals surface area contributed by atoms with Crippen LogP contribution in [0.5, 0.6) is 0 Å². The van der Waals surface area contributed by atoms with E-state index < -0.39 is 5.97 Å². The second kappa shape index (κ2) is 4.10. The molecule has 0 radical (unpaired) electrons. The minimum atomic E-state index is -1.05. The number of aromatic nitrogens is 1. The molecule has 1 saturated heterocycles. The Morgan fingerprint density at radius 1 is 1.53 bits per heavy atom. The highest BCUT2D eigenvalue weighted by atomic mass is 32.2. The van der Waals surface area contributed by atoms with Gasteiger partial charge < -0.3 is 10.1 Å². The number of hydrogen-bond donors (Lipinski definition) is 2. The number of nitrogens with one attached hydrogen (secondary N) is 1. The fourth-order valence-corrected chi connectivity index (χ4v) is 2.94. The molecule has 1 aliphatic rings. The third-order valence-electron chi connectivity index (χ3n) is 2.48. The van der Waals surface area contributed by atoms with Crippen LogP contribution in [0, 0.1) is 0 Å². The maximum Gasteiger partial charge on any atom is 0.335 e. The lowest BCUT2D eigenvalue weighted by atomic mass is 10.0. The number of aromatic amines is 1. The number of carboxylic acids is 1. The van der Waals surface area contributed by atoms with Gasteiger partial charge in [-0.15, -0.1) is 0 Å². The molecule has 0 amide bonds. The monoisotopic (exact) mass is 225 g/mol. The van der Waals surface area contributed by atoms with Crippen molar-refractivity contribution in [2.45, 2.75) is 12.3 Å². The van der Waals surface area contributed by atoms with Crippen molar-refractivity contribution < 1.29 is 9.90 Å². The molecule has 0 saturated carbocycles. The van der Waals surface area contributed by atoms with E-state index in [1.807, 2.05) is 11.8 Å². The summed E-state index contributed by atoms with van der Waals surface area (Å²) in [5, 5.41) is 8.82. The number of rotatable bonds is 2. The number of pyridine rings is 1. The summed E-state index contributed by atoms with van der Waals surface area (Å²) in [4.78, 5) is 24.7. The molecule has 1 aromatic heterocycles. The van der Waals surface area contributed by atoms with Crippen molar-refractivity contribution in [3.05, 3.63) is 33.7 Å². The fraction of sp³-hybridized carbons (Fsp3) is 0.400. The van der Waals surface area contributed by atoms with E-state index in [0.29, 0.717) is 5.92 Å². The Morgan fingerprint density at radius 3 is 2.93 bits per heavy atom. The van der Waals surface area contributed by atoms with E-state index in [0.717, 1.165) is 29.7 Å². The molecule has 15 heavy (non-hydrogen) atoms. The van der Waals surface area contributed by atoms with Crippen molar-refractivity contribution >= 4 is 17.7 Å². The highest BCUT2D eigenvalue weighted by molar-refractivity contribution is 7.99. The molecule has 4 nitrogen and oxygen atoms in total. The van der Waals surface area contributed by atoms with Gasteiger partial charge in [-0.1, -0.05) is 0 Å².